The molecule has 10 heteroatoms. The topological polar surface area (TPSA) is 95.1 Å². The molecule has 4 heterocycles. The number of pyridine rings is 1. The minimum atomic E-state index is -1.44. The number of imide groups is 1. The molecule has 198 valence electrons. The number of halogens is 1. The maximum Gasteiger partial charge on any atom is 0.257 e. The molecule has 3 amide bonds. The fourth-order valence-corrected chi connectivity index (χ4v) is 5.20. The minimum absolute atomic E-state index is 0.0265. The van der Waals surface area contributed by atoms with Crippen molar-refractivity contribution in [2.45, 2.75) is 26.4 Å². The van der Waals surface area contributed by atoms with Gasteiger partial charge in [0.15, 0.2) is 11.6 Å². The molecule has 1 N–H and O–H groups in total. The Kier molecular flexibility index (Phi) is 7.15. The van der Waals surface area contributed by atoms with Crippen LogP contribution in [0.5, 0.6) is 5.75 Å². The number of likely N-dealkylation sites (N-methyl/N-ethyl adjacent to an activating group) is 1. The zero-order chi connectivity index (χ0) is 26.9. The summed E-state index contributed by atoms with van der Waals surface area (Å²) in [5, 5.41) is 2.31. The molecule has 2 fully saturated rings. The van der Waals surface area contributed by atoms with E-state index in [0.717, 1.165) is 45.0 Å². The zero-order valence-electron chi connectivity index (χ0n) is 21.6. The van der Waals surface area contributed by atoms with E-state index in [9.17, 15) is 18.8 Å². The number of ether oxygens (including phenoxy) is 1. The van der Waals surface area contributed by atoms with Gasteiger partial charge in [-0.2, -0.15) is 0 Å². The molecule has 0 bridgehead atoms. The predicted molar refractivity (Wildman–Crippen MR) is 136 cm³/mol. The number of nitrogens with one attached hydrogen (secondary N) is 1. The van der Waals surface area contributed by atoms with Gasteiger partial charge >= 0.3 is 0 Å². The van der Waals surface area contributed by atoms with Crippen LogP contribution < -0.4 is 10.1 Å². The molecule has 0 unspecified atom stereocenters. The first-order chi connectivity index (χ1) is 18.3. The van der Waals surface area contributed by atoms with Crippen molar-refractivity contribution < 1.29 is 23.5 Å². The Labute approximate surface area is 220 Å². The molecule has 2 saturated heterocycles. The van der Waals surface area contributed by atoms with Gasteiger partial charge in [0, 0.05) is 57.6 Å². The Morgan fingerprint density at radius 2 is 1.87 bits per heavy atom. The van der Waals surface area contributed by atoms with Gasteiger partial charge < -0.3 is 14.5 Å². The molecule has 1 atom stereocenters. The number of aromatic nitrogens is 1. The summed E-state index contributed by atoms with van der Waals surface area (Å²) >= 11 is 0. The molecule has 5 rings (SSSR count). The maximum atomic E-state index is 14.8. The van der Waals surface area contributed by atoms with Gasteiger partial charge in [-0.1, -0.05) is 24.8 Å². The fraction of sp³-hybridized carbons (Fsp3) is 0.429. The second-order valence-electron chi connectivity index (χ2n) is 9.91. The van der Waals surface area contributed by atoms with Crippen LogP contribution >= 0.6 is 0 Å². The van der Waals surface area contributed by atoms with Crippen LogP contribution in [0, 0.1) is 23.1 Å². The first-order valence-electron chi connectivity index (χ1n) is 12.7. The lowest BCUT2D eigenvalue weighted by atomic mass is 9.85. The molecule has 9 nitrogen and oxygen atoms in total. The quantitative estimate of drug-likeness (QED) is 0.456. The average molecular weight is 520 g/mol. The van der Waals surface area contributed by atoms with Crippen molar-refractivity contribution >= 4 is 17.7 Å². The van der Waals surface area contributed by atoms with Gasteiger partial charge in [-0.15, -0.1) is 0 Å². The fourth-order valence-electron chi connectivity index (χ4n) is 5.20. The highest BCUT2D eigenvalue weighted by molar-refractivity contribution is 6.08. The van der Waals surface area contributed by atoms with Crippen LogP contribution in [-0.4, -0.2) is 83.8 Å². The lowest BCUT2D eigenvalue weighted by Gasteiger charge is -2.33. The van der Waals surface area contributed by atoms with Crippen molar-refractivity contribution in [3.8, 4) is 17.6 Å². The second kappa shape index (κ2) is 10.5. The number of benzene rings is 1. The normalized spacial score (nSPS) is 21.8. The van der Waals surface area contributed by atoms with Crippen molar-refractivity contribution in [2.75, 3.05) is 46.4 Å². The Morgan fingerprint density at radius 1 is 1.11 bits per heavy atom. The van der Waals surface area contributed by atoms with Gasteiger partial charge in [0.2, 0.25) is 11.8 Å². The van der Waals surface area contributed by atoms with E-state index < -0.39 is 29.0 Å². The molecule has 1 aromatic carbocycles. The van der Waals surface area contributed by atoms with Crippen LogP contribution in [0.25, 0.3) is 0 Å². The number of nitrogens with zero attached hydrogens (tertiary/aromatic N) is 4. The minimum Gasteiger partial charge on any atom is -0.494 e. The Bertz CT molecular complexity index is 1330. The summed E-state index contributed by atoms with van der Waals surface area (Å²) in [4.78, 5) is 48.8. The van der Waals surface area contributed by atoms with Crippen LogP contribution in [0.15, 0.2) is 30.5 Å². The highest BCUT2D eigenvalue weighted by Crippen LogP contribution is 2.35. The summed E-state index contributed by atoms with van der Waals surface area (Å²) in [7, 11) is 1.33. The Balaban J connectivity index is 1.32. The zero-order valence-corrected chi connectivity index (χ0v) is 21.6. The third-order valence-corrected chi connectivity index (χ3v) is 7.45. The van der Waals surface area contributed by atoms with Crippen LogP contribution in [0.1, 0.15) is 40.5 Å². The van der Waals surface area contributed by atoms with Gasteiger partial charge in [-0.3, -0.25) is 29.6 Å². The lowest BCUT2D eigenvalue weighted by Crippen LogP contribution is -2.45. The summed E-state index contributed by atoms with van der Waals surface area (Å²) in [6.07, 6.45) is 1.48. The van der Waals surface area contributed by atoms with Gasteiger partial charge in [0.25, 0.3) is 5.91 Å². The number of rotatable bonds is 6. The highest BCUT2D eigenvalue weighted by atomic mass is 19.1. The van der Waals surface area contributed by atoms with E-state index in [1.165, 1.54) is 18.1 Å². The van der Waals surface area contributed by atoms with Crippen molar-refractivity contribution in [3.05, 3.63) is 58.7 Å². The summed E-state index contributed by atoms with van der Waals surface area (Å²) in [6.45, 7) is 8.06. The molecule has 0 aliphatic carbocycles. The molecular weight excluding hydrogens is 489 g/mol. The number of fused-ring (bicyclic) bond motifs is 1. The van der Waals surface area contributed by atoms with E-state index in [1.807, 2.05) is 12.1 Å². The van der Waals surface area contributed by atoms with Crippen LogP contribution in [0.3, 0.4) is 0 Å². The Morgan fingerprint density at radius 3 is 2.50 bits per heavy atom. The van der Waals surface area contributed by atoms with Crippen LogP contribution in [0.2, 0.25) is 0 Å². The largest absolute Gasteiger partial charge is 0.494 e. The number of hydrogen-bond acceptors (Lipinski definition) is 7. The third kappa shape index (κ3) is 4.99. The van der Waals surface area contributed by atoms with Gasteiger partial charge in [-0.25, -0.2) is 4.39 Å². The van der Waals surface area contributed by atoms with E-state index in [4.69, 9.17) is 4.74 Å². The molecule has 0 spiro atoms. The predicted octanol–water partition coefficient (Wildman–Crippen LogP) is 1.41. The standard InChI is InChI=1S/C28H30FN5O4/c1-3-32-10-12-33(13-11-32)17-21-6-4-19(15-30-21)8-9-28(14-23(35)31-27(28)37)18-34-16-20-5-7-22(38-2)25(29)24(20)26(34)36/h4-7,15H,3,10-14,16-18H2,1-2H3,(H,31,35,37)/t28-/m1/s1. The molecule has 2 aromatic rings. The van der Waals surface area contributed by atoms with E-state index in [2.05, 4.69) is 38.9 Å². The van der Waals surface area contributed by atoms with Crippen molar-refractivity contribution in [1.29, 1.82) is 0 Å². The molecule has 1 aromatic heterocycles. The maximum absolute atomic E-state index is 14.8. The molecule has 38 heavy (non-hydrogen) atoms. The monoisotopic (exact) mass is 519 g/mol. The smallest absolute Gasteiger partial charge is 0.257 e. The van der Waals surface area contributed by atoms with Gasteiger partial charge in [0.1, 0.15) is 5.41 Å². The number of methoxy groups -OCH3 is 1. The van der Waals surface area contributed by atoms with E-state index in [-0.39, 0.29) is 30.8 Å². The summed E-state index contributed by atoms with van der Waals surface area (Å²) in [5.41, 5.74) is 0.516. The third-order valence-electron chi connectivity index (χ3n) is 7.45. The summed E-state index contributed by atoms with van der Waals surface area (Å²) in [5.74, 6) is 3.61. The number of carbonyl (C=O) groups is 3. The first-order valence-corrected chi connectivity index (χ1v) is 12.7. The molecule has 0 saturated carbocycles. The number of amides is 3. The van der Waals surface area contributed by atoms with Crippen LogP contribution in [-0.2, 0) is 22.7 Å². The number of carbonyl (C=O) groups excluding carboxylic acids is 3. The first kappa shape index (κ1) is 25.8. The number of hydrogen-bond donors (Lipinski definition) is 1. The van der Waals surface area contributed by atoms with Crippen molar-refractivity contribution in [1.82, 2.24) is 25.0 Å². The molecule has 3 aliphatic rings. The SMILES string of the molecule is CCN1CCN(Cc2ccc(C#C[C@]3(CN4Cc5ccc(OC)c(F)c5C4=O)CC(=O)NC3=O)cn2)CC1. The lowest BCUT2D eigenvalue weighted by molar-refractivity contribution is -0.127. The molecule has 0 radical (unpaired) electrons. The van der Waals surface area contributed by atoms with Crippen LogP contribution in [0.4, 0.5) is 4.39 Å². The molecule has 3 aliphatic heterocycles. The van der Waals surface area contributed by atoms with E-state index in [0.29, 0.717) is 11.1 Å². The van der Waals surface area contributed by atoms with Crippen molar-refractivity contribution in [3.63, 3.8) is 0 Å². The number of piperazine rings is 1. The van der Waals surface area contributed by atoms with Crippen molar-refractivity contribution in [2.24, 2.45) is 5.41 Å². The van der Waals surface area contributed by atoms with Gasteiger partial charge in [0.05, 0.1) is 24.8 Å². The second-order valence-corrected chi connectivity index (χ2v) is 9.91. The Hall–Kier alpha value is -3.81. The highest BCUT2D eigenvalue weighted by Gasteiger charge is 2.49. The van der Waals surface area contributed by atoms with Gasteiger partial charge in [-0.05, 0) is 30.3 Å². The van der Waals surface area contributed by atoms with E-state index in [1.54, 1.807) is 12.3 Å². The molecular formula is C28H30FN5O4. The average Bonchev–Trinajstić information content (AvgIpc) is 3.39. The van der Waals surface area contributed by atoms with E-state index >= 15 is 0 Å². The summed E-state index contributed by atoms with van der Waals surface area (Å²) < 4.78 is 19.8. The summed E-state index contributed by atoms with van der Waals surface area (Å²) in [6, 6.07) is 6.86.